The van der Waals surface area contributed by atoms with E-state index in [4.69, 9.17) is 0 Å². The zero-order valence-electron chi connectivity index (χ0n) is 8.90. The van der Waals surface area contributed by atoms with Crippen LogP contribution < -0.4 is 0 Å². The third-order valence-electron chi connectivity index (χ3n) is 3.71. The average Bonchev–Trinajstić information content (AvgIpc) is 2.92. The molecule has 1 aromatic carbocycles. The second-order valence-corrected chi connectivity index (χ2v) is 4.82. The maximum absolute atomic E-state index is 9.23. The summed E-state index contributed by atoms with van der Waals surface area (Å²) in [6.07, 6.45) is 1.17. The van der Waals surface area contributed by atoms with E-state index in [2.05, 4.69) is 38.1 Å². The molecular formula is C13H18O. The van der Waals surface area contributed by atoms with Gasteiger partial charge in [-0.25, -0.2) is 0 Å². The van der Waals surface area contributed by atoms with Crippen LogP contribution in [0.25, 0.3) is 0 Å². The summed E-state index contributed by atoms with van der Waals surface area (Å²) in [5.74, 6) is 1.24. The van der Waals surface area contributed by atoms with Gasteiger partial charge < -0.3 is 5.11 Å². The molecule has 1 aliphatic rings. The Kier molecular flexibility index (Phi) is 2.36. The molecule has 0 unspecified atom stereocenters. The van der Waals surface area contributed by atoms with Crippen molar-refractivity contribution in [3.8, 4) is 0 Å². The van der Waals surface area contributed by atoms with Crippen molar-refractivity contribution >= 4 is 0 Å². The Labute approximate surface area is 85.8 Å². The standard InChI is InChI=1S/C13H18O/c1-10(11-6-4-3-5-7-11)12-8-13(12,2)9-14/h3-7,10,12,14H,8-9H2,1-2H3/t10-,12-,13-/m0/s1. The Hall–Kier alpha value is -0.820. The molecular weight excluding hydrogens is 172 g/mol. The summed E-state index contributed by atoms with van der Waals surface area (Å²) in [4.78, 5) is 0. The van der Waals surface area contributed by atoms with Crippen molar-refractivity contribution in [2.45, 2.75) is 26.2 Å². The molecule has 0 radical (unpaired) electrons. The first kappa shape index (κ1) is 9.72. The molecule has 0 aliphatic heterocycles. The molecule has 0 aromatic heterocycles. The molecule has 2 rings (SSSR count). The van der Waals surface area contributed by atoms with Gasteiger partial charge in [-0.3, -0.25) is 0 Å². The van der Waals surface area contributed by atoms with Gasteiger partial charge in [0, 0.05) is 6.61 Å². The van der Waals surface area contributed by atoms with Gasteiger partial charge in [0.15, 0.2) is 0 Å². The molecule has 1 aliphatic carbocycles. The lowest BCUT2D eigenvalue weighted by Crippen LogP contribution is -2.08. The zero-order valence-corrected chi connectivity index (χ0v) is 8.90. The molecule has 1 saturated carbocycles. The Morgan fingerprint density at radius 1 is 1.43 bits per heavy atom. The zero-order chi connectivity index (χ0) is 10.2. The average molecular weight is 190 g/mol. The molecule has 0 spiro atoms. The number of hydrogen-bond acceptors (Lipinski definition) is 1. The van der Waals surface area contributed by atoms with E-state index < -0.39 is 0 Å². The maximum atomic E-state index is 9.23. The van der Waals surface area contributed by atoms with E-state index in [1.807, 2.05) is 6.07 Å². The summed E-state index contributed by atoms with van der Waals surface area (Å²) in [7, 11) is 0. The van der Waals surface area contributed by atoms with Crippen molar-refractivity contribution in [1.82, 2.24) is 0 Å². The fourth-order valence-electron chi connectivity index (χ4n) is 2.39. The van der Waals surface area contributed by atoms with Crippen LogP contribution in [0.1, 0.15) is 31.7 Å². The lowest BCUT2D eigenvalue weighted by Gasteiger charge is -2.14. The predicted octanol–water partition coefficient (Wildman–Crippen LogP) is 2.81. The van der Waals surface area contributed by atoms with Crippen LogP contribution in [0.2, 0.25) is 0 Å². The van der Waals surface area contributed by atoms with Crippen molar-refractivity contribution in [3.05, 3.63) is 35.9 Å². The smallest absolute Gasteiger partial charge is 0.0487 e. The maximum Gasteiger partial charge on any atom is 0.0487 e. The summed E-state index contributed by atoms with van der Waals surface area (Å²) in [5, 5.41) is 9.23. The fraction of sp³-hybridized carbons (Fsp3) is 0.538. The third kappa shape index (κ3) is 1.57. The van der Waals surface area contributed by atoms with Crippen LogP contribution in [-0.4, -0.2) is 11.7 Å². The van der Waals surface area contributed by atoms with Crippen molar-refractivity contribution < 1.29 is 5.11 Å². The largest absolute Gasteiger partial charge is 0.396 e. The van der Waals surface area contributed by atoms with Crippen LogP contribution in [0.3, 0.4) is 0 Å². The lowest BCUT2D eigenvalue weighted by atomic mass is 9.91. The number of aliphatic hydroxyl groups is 1. The van der Waals surface area contributed by atoms with Crippen molar-refractivity contribution in [1.29, 1.82) is 0 Å². The predicted molar refractivity (Wildman–Crippen MR) is 58.2 cm³/mol. The molecule has 14 heavy (non-hydrogen) atoms. The number of rotatable bonds is 3. The first-order chi connectivity index (χ1) is 6.67. The normalized spacial score (nSPS) is 32.6. The molecule has 1 N–H and O–H groups in total. The van der Waals surface area contributed by atoms with Crippen LogP contribution in [-0.2, 0) is 0 Å². The molecule has 76 valence electrons. The molecule has 0 heterocycles. The van der Waals surface area contributed by atoms with Crippen LogP contribution in [0.4, 0.5) is 0 Å². The van der Waals surface area contributed by atoms with Gasteiger partial charge in [-0.2, -0.15) is 0 Å². The minimum atomic E-state index is 0.190. The van der Waals surface area contributed by atoms with Gasteiger partial charge in [-0.1, -0.05) is 44.2 Å². The van der Waals surface area contributed by atoms with E-state index in [-0.39, 0.29) is 5.41 Å². The topological polar surface area (TPSA) is 20.2 Å². The minimum absolute atomic E-state index is 0.190. The minimum Gasteiger partial charge on any atom is -0.396 e. The van der Waals surface area contributed by atoms with Crippen molar-refractivity contribution in [2.75, 3.05) is 6.61 Å². The van der Waals surface area contributed by atoms with E-state index in [1.165, 1.54) is 12.0 Å². The van der Waals surface area contributed by atoms with Crippen LogP contribution in [0.5, 0.6) is 0 Å². The van der Waals surface area contributed by atoms with E-state index in [1.54, 1.807) is 0 Å². The molecule has 3 atom stereocenters. The molecule has 1 nitrogen and oxygen atoms in total. The quantitative estimate of drug-likeness (QED) is 0.777. The Morgan fingerprint density at radius 3 is 2.57 bits per heavy atom. The molecule has 1 aromatic rings. The molecule has 0 saturated heterocycles. The number of benzene rings is 1. The van der Waals surface area contributed by atoms with Gasteiger partial charge in [0.2, 0.25) is 0 Å². The van der Waals surface area contributed by atoms with Crippen molar-refractivity contribution in [3.63, 3.8) is 0 Å². The summed E-state index contributed by atoms with van der Waals surface area (Å²) in [6.45, 7) is 4.77. The molecule has 0 bridgehead atoms. The van der Waals surface area contributed by atoms with E-state index in [9.17, 15) is 5.11 Å². The highest BCUT2D eigenvalue weighted by molar-refractivity contribution is 5.23. The second kappa shape index (κ2) is 3.39. The first-order valence-corrected chi connectivity index (χ1v) is 5.33. The molecule has 0 amide bonds. The van der Waals surface area contributed by atoms with Gasteiger partial charge >= 0.3 is 0 Å². The third-order valence-corrected chi connectivity index (χ3v) is 3.71. The van der Waals surface area contributed by atoms with Gasteiger partial charge in [0.25, 0.3) is 0 Å². The second-order valence-electron chi connectivity index (χ2n) is 4.82. The SMILES string of the molecule is C[C@@H](c1ccccc1)[C@@H]1C[C@@]1(C)CO. The van der Waals surface area contributed by atoms with Crippen LogP contribution in [0.15, 0.2) is 30.3 Å². The summed E-state index contributed by atoms with van der Waals surface area (Å²) >= 11 is 0. The van der Waals surface area contributed by atoms with Crippen molar-refractivity contribution in [2.24, 2.45) is 11.3 Å². The first-order valence-electron chi connectivity index (χ1n) is 5.33. The highest BCUT2D eigenvalue weighted by Gasteiger charge is 2.52. The number of hydrogen-bond donors (Lipinski definition) is 1. The Morgan fingerprint density at radius 2 is 2.07 bits per heavy atom. The fourth-order valence-corrected chi connectivity index (χ4v) is 2.39. The highest BCUT2D eigenvalue weighted by Crippen LogP contribution is 2.58. The van der Waals surface area contributed by atoms with Crippen LogP contribution in [0, 0.1) is 11.3 Å². The summed E-state index contributed by atoms with van der Waals surface area (Å²) in [6, 6.07) is 10.6. The number of aliphatic hydroxyl groups excluding tert-OH is 1. The molecule has 1 fully saturated rings. The summed E-state index contributed by atoms with van der Waals surface area (Å²) < 4.78 is 0. The van der Waals surface area contributed by atoms with Crippen LogP contribution >= 0.6 is 0 Å². The van der Waals surface area contributed by atoms with E-state index >= 15 is 0 Å². The monoisotopic (exact) mass is 190 g/mol. The van der Waals surface area contributed by atoms with Gasteiger partial charge in [-0.05, 0) is 29.2 Å². The van der Waals surface area contributed by atoms with E-state index in [0.717, 1.165) is 0 Å². The van der Waals surface area contributed by atoms with Gasteiger partial charge in [0.05, 0.1) is 0 Å². The van der Waals surface area contributed by atoms with E-state index in [0.29, 0.717) is 18.4 Å². The summed E-state index contributed by atoms with van der Waals surface area (Å²) in [5.41, 5.74) is 1.59. The van der Waals surface area contributed by atoms with Gasteiger partial charge in [-0.15, -0.1) is 0 Å². The molecule has 1 heteroatoms. The Balaban J connectivity index is 2.08. The highest BCUT2D eigenvalue weighted by atomic mass is 16.3. The van der Waals surface area contributed by atoms with Gasteiger partial charge in [0.1, 0.15) is 0 Å². The Bertz CT molecular complexity index is 306. The lowest BCUT2D eigenvalue weighted by molar-refractivity contribution is 0.207.